The van der Waals surface area contributed by atoms with E-state index < -0.39 is 18.1 Å². The molecule has 10 nitrogen and oxygen atoms in total. The lowest BCUT2D eigenvalue weighted by Gasteiger charge is -2.19. The largest absolute Gasteiger partial charge is 0.486 e. The summed E-state index contributed by atoms with van der Waals surface area (Å²) in [5, 5.41) is 22.1. The molecule has 2 aromatic carbocycles. The van der Waals surface area contributed by atoms with Crippen LogP contribution in [0.2, 0.25) is 0 Å². The summed E-state index contributed by atoms with van der Waals surface area (Å²) in [6.07, 6.45) is 2.78. The summed E-state index contributed by atoms with van der Waals surface area (Å²) >= 11 is 1.20. The highest BCUT2D eigenvalue weighted by atomic mass is 32.1. The van der Waals surface area contributed by atoms with Crippen LogP contribution in [0, 0.1) is 6.92 Å². The summed E-state index contributed by atoms with van der Waals surface area (Å²) in [6.45, 7) is 3.78. The molecule has 0 bridgehead atoms. The molecule has 184 valence electrons. The maximum Gasteiger partial charge on any atom is 0.333 e. The topological polar surface area (TPSA) is 139 Å². The molecule has 0 aliphatic carbocycles. The van der Waals surface area contributed by atoms with Crippen molar-refractivity contribution in [1.82, 2.24) is 14.3 Å². The van der Waals surface area contributed by atoms with Crippen LogP contribution < -0.4 is 14.8 Å². The number of aliphatic carboxylic acids is 1. The van der Waals surface area contributed by atoms with E-state index in [0.717, 1.165) is 33.9 Å². The Bertz CT molecular complexity index is 1490. The number of hydrogen-bond acceptors (Lipinski definition) is 10. The lowest BCUT2D eigenvalue weighted by Crippen LogP contribution is -2.37. The molecule has 1 unspecified atom stereocenters. The SMILES string of the molecule is Cc1c(Nc2nsc3ncc(C=NC(C)(CO)C(=O)O)nc23)cccc1-c1ccc2c(c1)OCCO2. The first-order chi connectivity index (χ1) is 17.4. The molecule has 1 aliphatic heterocycles. The van der Waals surface area contributed by atoms with Gasteiger partial charge in [0.15, 0.2) is 27.7 Å². The van der Waals surface area contributed by atoms with Crippen molar-refractivity contribution in [2.45, 2.75) is 19.4 Å². The Balaban J connectivity index is 1.45. The van der Waals surface area contributed by atoms with Gasteiger partial charge in [0.05, 0.1) is 19.0 Å². The number of ether oxygens (including phenoxy) is 2. The van der Waals surface area contributed by atoms with Crippen LogP contribution in [-0.4, -0.2) is 62.1 Å². The van der Waals surface area contributed by atoms with E-state index in [-0.39, 0.29) is 0 Å². The van der Waals surface area contributed by atoms with Gasteiger partial charge < -0.3 is 25.0 Å². The van der Waals surface area contributed by atoms with Crippen molar-refractivity contribution in [2.24, 2.45) is 4.99 Å². The maximum absolute atomic E-state index is 11.4. The predicted molar refractivity (Wildman–Crippen MR) is 137 cm³/mol. The van der Waals surface area contributed by atoms with Gasteiger partial charge in [-0.2, -0.15) is 4.37 Å². The number of anilines is 2. The van der Waals surface area contributed by atoms with Crippen molar-refractivity contribution in [3.8, 4) is 22.6 Å². The van der Waals surface area contributed by atoms with E-state index in [1.165, 1.54) is 30.9 Å². The molecular formula is C25H23N5O5S. The molecule has 1 atom stereocenters. The van der Waals surface area contributed by atoms with Gasteiger partial charge in [-0.1, -0.05) is 18.2 Å². The van der Waals surface area contributed by atoms with E-state index in [1.54, 1.807) is 0 Å². The van der Waals surface area contributed by atoms with Crippen molar-refractivity contribution in [3.63, 3.8) is 0 Å². The zero-order chi connectivity index (χ0) is 25.3. The molecule has 1 aliphatic rings. The minimum Gasteiger partial charge on any atom is -0.486 e. The van der Waals surface area contributed by atoms with Crippen LogP contribution in [0.4, 0.5) is 11.5 Å². The van der Waals surface area contributed by atoms with Gasteiger partial charge in [-0.3, -0.25) is 4.99 Å². The Morgan fingerprint density at radius 3 is 2.83 bits per heavy atom. The number of aliphatic hydroxyl groups is 1. The molecule has 11 heteroatoms. The van der Waals surface area contributed by atoms with Gasteiger partial charge in [0.2, 0.25) is 0 Å². The lowest BCUT2D eigenvalue weighted by atomic mass is 9.98. The van der Waals surface area contributed by atoms with Crippen molar-refractivity contribution < 1.29 is 24.5 Å². The summed E-state index contributed by atoms with van der Waals surface area (Å²) in [5.74, 6) is 0.768. The number of rotatable bonds is 7. The third kappa shape index (κ3) is 4.45. The number of aromatic nitrogens is 3. The molecule has 0 saturated carbocycles. The van der Waals surface area contributed by atoms with Gasteiger partial charge in [0.1, 0.15) is 24.4 Å². The lowest BCUT2D eigenvalue weighted by molar-refractivity contribution is -0.143. The van der Waals surface area contributed by atoms with Crippen molar-refractivity contribution in [1.29, 1.82) is 0 Å². The number of aliphatic hydroxyl groups excluding tert-OH is 1. The van der Waals surface area contributed by atoms with Crippen LogP contribution in [0.5, 0.6) is 11.5 Å². The van der Waals surface area contributed by atoms with Gasteiger partial charge in [0.25, 0.3) is 0 Å². The first-order valence-electron chi connectivity index (χ1n) is 11.2. The van der Waals surface area contributed by atoms with Gasteiger partial charge in [-0.15, -0.1) is 0 Å². The van der Waals surface area contributed by atoms with Gasteiger partial charge in [0, 0.05) is 5.69 Å². The van der Waals surface area contributed by atoms with Crippen LogP contribution in [0.3, 0.4) is 0 Å². The van der Waals surface area contributed by atoms with Crippen LogP contribution >= 0.6 is 11.5 Å². The Labute approximate surface area is 210 Å². The van der Waals surface area contributed by atoms with Crippen molar-refractivity contribution in [3.05, 3.63) is 53.9 Å². The normalized spacial score (nSPS) is 14.6. The van der Waals surface area contributed by atoms with Crippen LogP contribution in [-0.2, 0) is 4.79 Å². The van der Waals surface area contributed by atoms with Crippen LogP contribution in [0.15, 0.2) is 47.6 Å². The van der Waals surface area contributed by atoms with Crippen molar-refractivity contribution in [2.75, 3.05) is 25.1 Å². The summed E-state index contributed by atoms with van der Waals surface area (Å²) in [6, 6.07) is 11.9. The number of nitrogens with one attached hydrogen (secondary N) is 1. The number of nitrogens with zero attached hydrogens (tertiary/aromatic N) is 4. The number of aliphatic imine (C=N–C) groups is 1. The highest BCUT2D eigenvalue weighted by Crippen LogP contribution is 2.37. The zero-order valence-electron chi connectivity index (χ0n) is 19.6. The minimum atomic E-state index is -1.66. The maximum atomic E-state index is 11.4. The third-order valence-corrected chi connectivity index (χ3v) is 6.64. The van der Waals surface area contributed by atoms with E-state index in [2.05, 4.69) is 24.7 Å². The number of benzene rings is 2. The fourth-order valence-electron chi connectivity index (χ4n) is 3.68. The molecular weight excluding hydrogens is 482 g/mol. The smallest absolute Gasteiger partial charge is 0.333 e. The molecule has 0 fully saturated rings. The van der Waals surface area contributed by atoms with Crippen LogP contribution in [0.1, 0.15) is 18.2 Å². The predicted octanol–water partition coefficient (Wildman–Crippen LogP) is 3.83. The average molecular weight is 506 g/mol. The molecule has 5 rings (SSSR count). The number of carbonyl (C=O) groups is 1. The number of carboxylic acids is 1. The fourth-order valence-corrected chi connectivity index (χ4v) is 4.32. The zero-order valence-corrected chi connectivity index (χ0v) is 20.4. The van der Waals surface area contributed by atoms with Crippen LogP contribution in [0.25, 0.3) is 21.5 Å². The Morgan fingerprint density at radius 2 is 2.06 bits per heavy atom. The standard InChI is InChI=1S/C25H23N5O5S/c1-14-17(15-6-7-19-20(10-15)35-9-8-34-19)4-3-5-18(14)29-22-21-23(36-30-22)26-11-16(28-21)12-27-25(2,13-31)24(32)33/h3-7,10-12,31H,8-9,13H2,1-2H3,(H,29,30)(H,32,33). The Morgan fingerprint density at radius 1 is 1.25 bits per heavy atom. The highest BCUT2D eigenvalue weighted by Gasteiger charge is 2.31. The Hall–Kier alpha value is -4.09. The highest BCUT2D eigenvalue weighted by molar-refractivity contribution is 7.13. The molecule has 0 radical (unpaired) electrons. The molecule has 2 aromatic heterocycles. The molecule has 3 N–H and O–H groups in total. The minimum absolute atomic E-state index is 0.355. The second-order valence-electron chi connectivity index (χ2n) is 8.44. The van der Waals surface area contributed by atoms with E-state index in [1.807, 2.05) is 43.3 Å². The molecule has 36 heavy (non-hydrogen) atoms. The van der Waals surface area contributed by atoms with Gasteiger partial charge >= 0.3 is 5.97 Å². The first-order valence-corrected chi connectivity index (χ1v) is 11.9. The van der Waals surface area contributed by atoms with E-state index in [9.17, 15) is 15.0 Å². The number of hydrogen-bond donors (Lipinski definition) is 3. The second-order valence-corrected chi connectivity index (χ2v) is 9.19. The Kier molecular flexibility index (Phi) is 6.25. The molecule has 0 amide bonds. The van der Waals surface area contributed by atoms with E-state index >= 15 is 0 Å². The molecule has 0 spiro atoms. The van der Waals surface area contributed by atoms with E-state index in [4.69, 9.17) is 9.47 Å². The number of carboxylic acid groups (broad SMARTS) is 1. The first kappa shape index (κ1) is 23.6. The third-order valence-electron chi connectivity index (χ3n) is 5.90. The summed E-state index contributed by atoms with van der Waals surface area (Å²) in [7, 11) is 0. The average Bonchev–Trinajstić information content (AvgIpc) is 3.30. The van der Waals surface area contributed by atoms with Gasteiger partial charge in [-0.05, 0) is 60.3 Å². The fraction of sp³-hybridized carbons (Fsp3) is 0.240. The quantitative estimate of drug-likeness (QED) is 0.320. The molecule has 3 heterocycles. The molecule has 4 aromatic rings. The summed E-state index contributed by atoms with van der Waals surface area (Å²) in [5.41, 5.74) is 3.15. The second kappa shape index (κ2) is 9.51. The van der Waals surface area contributed by atoms with Gasteiger partial charge in [-0.25, -0.2) is 14.8 Å². The molecule has 0 saturated heterocycles. The summed E-state index contributed by atoms with van der Waals surface area (Å²) in [4.78, 5) is 24.9. The van der Waals surface area contributed by atoms with E-state index in [0.29, 0.717) is 35.1 Å². The summed E-state index contributed by atoms with van der Waals surface area (Å²) < 4.78 is 15.9. The monoisotopic (exact) mass is 505 g/mol. The number of fused-ring (bicyclic) bond motifs is 2. The van der Waals surface area contributed by atoms with Crippen molar-refractivity contribution >= 4 is 45.6 Å².